The lowest BCUT2D eigenvalue weighted by Crippen LogP contribution is -2.30. The number of hydrogen-bond donors (Lipinski definition) is 2. The monoisotopic (exact) mass is 334 g/mol. The molecule has 2 rings (SSSR count). The number of methoxy groups -OCH3 is 1. The molecule has 0 aliphatic rings. The number of ether oxygens (including phenoxy) is 1. The minimum Gasteiger partial charge on any atom is -0.497 e. The molecule has 1 aromatic carbocycles. The minimum absolute atomic E-state index is 0.141. The molecule has 1 unspecified atom stereocenters. The van der Waals surface area contributed by atoms with Crippen molar-refractivity contribution in [1.82, 2.24) is 10.3 Å². The molecule has 0 aliphatic carbocycles. The van der Waals surface area contributed by atoms with E-state index >= 15 is 0 Å². The first-order valence-corrected chi connectivity index (χ1v) is 7.15. The van der Waals surface area contributed by atoms with Gasteiger partial charge in [0.25, 0.3) is 5.91 Å². The van der Waals surface area contributed by atoms with Crippen molar-refractivity contribution < 1.29 is 19.4 Å². The molecule has 7 heteroatoms. The summed E-state index contributed by atoms with van der Waals surface area (Å²) >= 11 is 5.93. The number of aliphatic carboxylic acids is 1. The molecule has 1 atom stereocenters. The van der Waals surface area contributed by atoms with Gasteiger partial charge in [-0.05, 0) is 23.8 Å². The minimum atomic E-state index is -1.03. The van der Waals surface area contributed by atoms with E-state index in [9.17, 15) is 9.59 Å². The van der Waals surface area contributed by atoms with Gasteiger partial charge in [0.1, 0.15) is 11.4 Å². The van der Waals surface area contributed by atoms with E-state index in [1.165, 1.54) is 19.4 Å². The van der Waals surface area contributed by atoms with E-state index in [-0.39, 0.29) is 12.1 Å². The van der Waals surface area contributed by atoms with Crippen molar-refractivity contribution >= 4 is 23.5 Å². The normalized spacial score (nSPS) is 11.6. The largest absolute Gasteiger partial charge is 0.497 e. The van der Waals surface area contributed by atoms with Crippen LogP contribution in [-0.2, 0) is 4.79 Å². The quantitative estimate of drug-likeness (QED) is 0.848. The highest BCUT2D eigenvalue weighted by Gasteiger charge is 2.20. The molecule has 23 heavy (non-hydrogen) atoms. The maximum absolute atomic E-state index is 12.3. The van der Waals surface area contributed by atoms with Crippen molar-refractivity contribution in [3.05, 3.63) is 58.9 Å². The van der Waals surface area contributed by atoms with Crippen LogP contribution in [-0.4, -0.2) is 29.1 Å². The molecule has 0 aliphatic heterocycles. The highest BCUT2D eigenvalue weighted by atomic mass is 35.5. The first kappa shape index (κ1) is 16.8. The third kappa shape index (κ3) is 4.69. The number of carbonyl (C=O) groups is 2. The Kier molecular flexibility index (Phi) is 5.54. The van der Waals surface area contributed by atoms with Gasteiger partial charge in [0.2, 0.25) is 0 Å². The van der Waals surface area contributed by atoms with Gasteiger partial charge in [-0.25, -0.2) is 0 Å². The molecule has 0 spiro atoms. The van der Waals surface area contributed by atoms with Gasteiger partial charge in [-0.2, -0.15) is 0 Å². The van der Waals surface area contributed by atoms with Crippen LogP contribution in [0, 0.1) is 0 Å². The zero-order chi connectivity index (χ0) is 16.8. The molecule has 1 amide bonds. The highest BCUT2D eigenvalue weighted by molar-refractivity contribution is 6.30. The lowest BCUT2D eigenvalue weighted by molar-refractivity contribution is -0.137. The first-order chi connectivity index (χ1) is 11.0. The number of hydrogen-bond acceptors (Lipinski definition) is 4. The lowest BCUT2D eigenvalue weighted by atomic mass is 10.0. The summed E-state index contributed by atoms with van der Waals surface area (Å²) in [5, 5.41) is 12.2. The van der Waals surface area contributed by atoms with E-state index in [1.54, 1.807) is 30.3 Å². The highest BCUT2D eigenvalue weighted by Crippen LogP contribution is 2.21. The Morgan fingerprint density at radius 2 is 2.13 bits per heavy atom. The summed E-state index contributed by atoms with van der Waals surface area (Å²) in [6.45, 7) is 0. The van der Waals surface area contributed by atoms with Gasteiger partial charge in [0.05, 0.1) is 19.6 Å². The number of halogens is 1. The van der Waals surface area contributed by atoms with Crippen molar-refractivity contribution in [3.8, 4) is 5.75 Å². The third-order valence-corrected chi connectivity index (χ3v) is 3.37. The summed E-state index contributed by atoms with van der Waals surface area (Å²) in [6.07, 6.45) is 1.18. The average molecular weight is 335 g/mol. The number of aromatic nitrogens is 1. The Hall–Kier alpha value is -2.60. The van der Waals surface area contributed by atoms with E-state index in [1.807, 2.05) is 0 Å². The zero-order valence-corrected chi connectivity index (χ0v) is 13.1. The van der Waals surface area contributed by atoms with Crippen molar-refractivity contribution in [2.45, 2.75) is 12.5 Å². The fourth-order valence-corrected chi connectivity index (χ4v) is 2.24. The van der Waals surface area contributed by atoms with E-state index < -0.39 is 17.9 Å². The maximum atomic E-state index is 12.3. The standard InChI is InChI=1S/C16H15ClN2O4/c1-23-12-5-6-18-14(8-12)16(22)19-13(9-15(20)21)10-3-2-4-11(17)7-10/h2-8,13H,9H2,1H3,(H,19,22)(H,20,21). The van der Waals surface area contributed by atoms with Crippen molar-refractivity contribution in [2.24, 2.45) is 0 Å². The second-order valence-corrected chi connectivity index (χ2v) is 5.20. The molecule has 0 radical (unpaired) electrons. The van der Waals surface area contributed by atoms with Gasteiger partial charge in [-0.3, -0.25) is 14.6 Å². The van der Waals surface area contributed by atoms with Gasteiger partial charge >= 0.3 is 5.97 Å². The SMILES string of the molecule is COc1ccnc(C(=O)NC(CC(=O)O)c2cccc(Cl)c2)c1. The van der Waals surface area contributed by atoms with Gasteiger partial charge in [0.15, 0.2) is 0 Å². The zero-order valence-electron chi connectivity index (χ0n) is 12.3. The summed E-state index contributed by atoms with van der Waals surface area (Å²) in [4.78, 5) is 27.3. The third-order valence-electron chi connectivity index (χ3n) is 3.13. The summed E-state index contributed by atoms with van der Waals surface area (Å²) in [7, 11) is 1.48. The van der Waals surface area contributed by atoms with Crippen LogP contribution in [0.3, 0.4) is 0 Å². The predicted molar refractivity (Wildman–Crippen MR) is 84.7 cm³/mol. The van der Waals surface area contributed by atoms with Crippen LogP contribution in [0.4, 0.5) is 0 Å². The lowest BCUT2D eigenvalue weighted by Gasteiger charge is -2.17. The summed E-state index contributed by atoms with van der Waals surface area (Å²) in [6, 6.07) is 9.07. The van der Waals surface area contributed by atoms with Crippen LogP contribution in [0.5, 0.6) is 5.75 Å². The number of carboxylic acid groups (broad SMARTS) is 1. The molecule has 1 aromatic heterocycles. The number of benzene rings is 1. The molecule has 0 bridgehead atoms. The molecule has 2 N–H and O–H groups in total. The molecular formula is C16H15ClN2O4. The summed E-state index contributed by atoms with van der Waals surface area (Å²) in [5.41, 5.74) is 0.748. The number of amides is 1. The van der Waals surface area contributed by atoms with E-state index in [4.69, 9.17) is 21.4 Å². The molecule has 0 saturated carbocycles. The van der Waals surface area contributed by atoms with Crippen molar-refractivity contribution in [1.29, 1.82) is 0 Å². The number of nitrogens with zero attached hydrogens (tertiary/aromatic N) is 1. The second kappa shape index (κ2) is 7.60. The Morgan fingerprint density at radius 1 is 1.35 bits per heavy atom. The Balaban J connectivity index is 2.23. The van der Waals surface area contributed by atoms with E-state index in [2.05, 4.69) is 10.3 Å². The molecule has 120 valence electrons. The van der Waals surface area contributed by atoms with Gasteiger partial charge < -0.3 is 15.2 Å². The molecule has 2 aromatic rings. The number of pyridine rings is 1. The van der Waals surface area contributed by atoms with Crippen LogP contribution in [0.2, 0.25) is 5.02 Å². The van der Waals surface area contributed by atoms with Crippen LogP contribution < -0.4 is 10.1 Å². The molecule has 1 heterocycles. The van der Waals surface area contributed by atoms with Gasteiger partial charge in [0, 0.05) is 17.3 Å². The Morgan fingerprint density at radius 3 is 2.78 bits per heavy atom. The van der Waals surface area contributed by atoms with Gasteiger partial charge in [-0.15, -0.1) is 0 Å². The van der Waals surface area contributed by atoms with Crippen LogP contribution in [0.1, 0.15) is 28.5 Å². The average Bonchev–Trinajstić information content (AvgIpc) is 2.53. The number of carboxylic acids is 1. The van der Waals surface area contributed by atoms with Gasteiger partial charge in [-0.1, -0.05) is 23.7 Å². The van der Waals surface area contributed by atoms with Crippen molar-refractivity contribution in [2.75, 3.05) is 7.11 Å². The van der Waals surface area contributed by atoms with Crippen LogP contribution >= 0.6 is 11.6 Å². The maximum Gasteiger partial charge on any atom is 0.305 e. The predicted octanol–water partition coefficient (Wildman–Crippen LogP) is 2.69. The topological polar surface area (TPSA) is 88.5 Å². The summed E-state index contributed by atoms with van der Waals surface area (Å²) < 4.78 is 5.04. The second-order valence-electron chi connectivity index (χ2n) is 4.76. The Labute approximate surface area is 138 Å². The fourth-order valence-electron chi connectivity index (χ4n) is 2.04. The number of nitrogens with one attached hydrogen (secondary N) is 1. The number of carbonyl (C=O) groups excluding carboxylic acids is 1. The molecular weight excluding hydrogens is 320 g/mol. The van der Waals surface area contributed by atoms with Crippen LogP contribution in [0.25, 0.3) is 0 Å². The van der Waals surface area contributed by atoms with E-state index in [0.717, 1.165) is 0 Å². The van der Waals surface area contributed by atoms with Crippen LogP contribution in [0.15, 0.2) is 42.6 Å². The summed E-state index contributed by atoms with van der Waals surface area (Å²) in [5.74, 6) is -1.04. The van der Waals surface area contributed by atoms with Crippen molar-refractivity contribution in [3.63, 3.8) is 0 Å². The smallest absolute Gasteiger partial charge is 0.305 e. The molecule has 6 nitrogen and oxygen atoms in total. The molecule has 0 saturated heterocycles. The van der Waals surface area contributed by atoms with E-state index in [0.29, 0.717) is 16.3 Å². The first-order valence-electron chi connectivity index (χ1n) is 6.77. The number of rotatable bonds is 6. The molecule has 0 fully saturated rings. The fraction of sp³-hybridized carbons (Fsp3) is 0.188. The Bertz CT molecular complexity index is 721.